The van der Waals surface area contributed by atoms with Gasteiger partial charge in [0.1, 0.15) is 16.4 Å². The third-order valence-corrected chi connectivity index (χ3v) is 3.97. The molecule has 2 N–H and O–H groups in total. The second kappa shape index (κ2) is 7.44. The molecule has 0 fully saturated rings. The lowest BCUT2D eigenvalue weighted by Crippen LogP contribution is -2.34. The smallest absolute Gasteiger partial charge is 0.244 e. The van der Waals surface area contributed by atoms with E-state index in [4.69, 9.17) is 14.2 Å². The molecule has 20 heavy (non-hydrogen) atoms. The van der Waals surface area contributed by atoms with Gasteiger partial charge in [-0.25, -0.2) is 13.1 Å². The van der Waals surface area contributed by atoms with Crippen molar-refractivity contribution in [2.24, 2.45) is 0 Å². The lowest BCUT2D eigenvalue weighted by Gasteiger charge is -2.14. The third-order valence-electron chi connectivity index (χ3n) is 2.53. The minimum absolute atomic E-state index is 0.0395. The Morgan fingerprint density at radius 3 is 2.50 bits per heavy atom. The molecule has 0 saturated carbocycles. The number of hydrogen-bond donors (Lipinski definition) is 2. The van der Waals surface area contributed by atoms with Crippen LogP contribution in [0.25, 0.3) is 0 Å². The molecule has 1 aromatic rings. The van der Waals surface area contributed by atoms with Crippen LogP contribution in [-0.2, 0) is 14.8 Å². The van der Waals surface area contributed by atoms with Crippen molar-refractivity contribution in [3.63, 3.8) is 0 Å². The first-order valence-corrected chi connectivity index (χ1v) is 7.31. The number of aliphatic hydroxyl groups is 1. The molecule has 7 nitrogen and oxygen atoms in total. The zero-order chi connectivity index (χ0) is 15.2. The van der Waals surface area contributed by atoms with E-state index in [1.807, 2.05) is 0 Å². The molecule has 8 heteroatoms. The van der Waals surface area contributed by atoms with Crippen LogP contribution in [-0.4, -0.2) is 54.1 Å². The van der Waals surface area contributed by atoms with Crippen LogP contribution in [0.1, 0.15) is 0 Å². The number of nitrogens with one attached hydrogen (secondary N) is 1. The molecule has 0 radical (unpaired) electrons. The van der Waals surface area contributed by atoms with Gasteiger partial charge >= 0.3 is 0 Å². The first kappa shape index (κ1) is 16.7. The first-order valence-electron chi connectivity index (χ1n) is 5.83. The van der Waals surface area contributed by atoms with Crippen molar-refractivity contribution >= 4 is 10.0 Å². The molecule has 0 aliphatic rings. The van der Waals surface area contributed by atoms with Gasteiger partial charge in [0, 0.05) is 19.7 Å². The van der Waals surface area contributed by atoms with E-state index in [0.29, 0.717) is 5.75 Å². The Kier molecular flexibility index (Phi) is 6.21. The second-order valence-electron chi connectivity index (χ2n) is 3.98. The van der Waals surface area contributed by atoms with Crippen molar-refractivity contribution in [3.05, 3.63) is 18.2 Å². The number of hydrogen-bond acceptors (Lipinski definition) is 6. The van der Waals surface area contributed by atoms with Crippen LogP contribution in [0.5, 0.6) is 11.5 Å². The Labute approximate surface area is 118 Å². The summed E-state index contributed by atoms with van der Waals surface area (Å²) in [4.78, 5) is -0.0519. The minimum atomic E-state index is -3.82. The monoisotopic (exact) mass is 305 g/mol. The summed E-state index contributed by atoms with van der Waals surface area (Å²) in [5.74, 6) is 0.586. The fourth-order valence-electron chi connectivity index (χ4n) is 1.53. The molecule has 1 unspecified atom stereocenters. The van der Waals surface area contributed by atoms with Crippen LogP contribution in [0, 0.1) is 0 Å². The van der Waals surface area contributed by atoms with Crippen molar-refractivity contribution < 1.29 is 27.7 Å². The van der Waals surface area contributed by atoms with Gasteiger partial charge in [-0.3, -0.25) is 0 Å². The Morgan fingerprint density at radius 2 is 1.95 bits per heavy atom. The van der Waals surface area contributed by atoms with Gasteiger partial charge < -0.3 is 19.3 Å². The summed E-state index contributed by atoms with van der Waals surface area (Å²) >= 11 is 0. The van der Waals surface area contributed by atoms with E-state index >= 15 is 0 Å². The van der Waals surface area contributed by atoms with Gasteiger partial charge in [-0.15, -0.1) is 0 Å². The number of aliphatic hydroxyl groups excluding tert-OH is 1. The summed E-state index contributed by atoms with van der Waals surface area (Å²) in [7, 11) is 0.414. The predicted molar refractivity (Wildman–Crippen MR) is 72.6 cm³/mol. The van der Waals surface area contributed by atoms with Crippen molar-refractivity contribution in [3.8, 4) is 11.5 Å². The summed E-state index contributed by atoms with van der Waals surface area (Å²) in [5.41, 5.74) is 0. The van der Waals surface area contributed by atoms with Crippen molar-refractivity contribution in [1.29, 1.82) is 0 Å². The van der Waals surface area contributed by atoms with Crippen molar-refractivity contribution in [2.75, 3.05) is 34.5 Å². The largest absolute Gasteiger partial charge is 0.497 e. The van der Waals surface area contributed by atoms with E-state index in [0.717, 1.165) is 0 Å². The lowest BCUT2D eigenvalue weighted by atomic mass is 10.3. The van der Waals surface area contributed by atoms with Gasteiger partial charge in [-0.1, -0.05) is 0 Å². The average Bonchev–Trinajstić information content (AvgIpc) is 2.45. The Hall–Kier alpha value is -1.35. The van der Waals surface area contributed by atoms with Crippen LogP contribution in [0.3, 0.4) is 0 Å². The van der Waals surface area contributed by atoms with E-state index in [1.165, 1.54) is 33.5 Å². The zero-order valence-corrected chi connectivity index (χ0v) is 12.4. The van der Waals surface area contributed by atoms with E-state index in [9.17, 15) is 13.5 Å². The van der Waals surface area contributed by atoms with Crippen LogP contribution in [0.2, 0.25) is 0 Å². The molecule has 0 aliphatic carbocycles. The molecule has 1 rings (SSSR count). The van der Waals surface area contributed by atoms with Crippen molar-refractivity contribution in [2.45, 2.75) is 11.0 Å². The van der Waals surface area contributed by atoms with Crippen LogP contribution in [0.15, 0.2) is 23.1 Å². The maximum Gasteiger partial charge on any atom is 0.244 e. The summed E-state index contributed by atoms with van der Waals surface area (Å²) < 4.78 is 41.4. The molecule has 0 amide bonds. The van der Waals surface area contributed by atoms with Gasteiger partial charge in [-0.05, 0) is 12.1 Å². The highest BCUT2D eigenvalue weighted by Gasteiger charge is 2.21. The molecule has 0 heterocycles. The molecule has 114 valence electrons. The van der Waals surface area contributed by atoms with Crippen LogP contribution in [0.4, 0.5) is 0 Å². The summed E-state index contributed by atoms with van der Waals surface area (Å²) in [6, 6.07) is 4.44. The van der Waals surface area contributed by atoms with Crippen LogP contribution < -0.4 is 14.2 Å². The van der Waals surface area contributed by atoms with Gasteiger partial charge in [0.15, 0.2) is 0 Å². The van der Waals surface area contributed by atoms with Crippen LogP contribution >= 0.6 is 0 Å². The maximum absolute atomic E-state index is 12.2. The summed E-state index contributed by atoms with van der Waals surface area (Å²) in [5, 5.41) is 9.48. The maximum atomic E-state index is 12.2. The number of methoxy groups -OCH3 is 3. The number of rotatable bonds is 8. The molecule has 0 aliphatic heterocycles. The number of ether oxygens (including phenoxy) is 3. The predicted octanol–water partition coefficient (Wildman–Crippen LogP) is -0.0106. The van der Waals surface area contributed by atoms with E-state index in [2.05, 4.69) is 4.72 Å². The highest BCUT2D eigenvalue weighted by molar-refractivity contribution is 7.89. The normalized spacial score (nSPS) is 13.0. The first-order chi connectivity index (χ1) is 9.44. The molecule has 1 aromatic carbocycles. The quantitative estimate of drug-likeness (QED) is 0.701. The fraction of sp³-hybridized carbons (Fsp3) is 0.500. The molecular weight excluding hydrogens is 286 g/mol. The van der Waals surface area contributed by atoms with Crippen molar-refractivity contribution in [1.82, 2.24) is 4.72 Å². The Bertz CT molecular complexity index is 531. The topological polar surface area (TPSA) is 94.1 Å². The lowest BCUT2D eigenvalue weighted by molar-refractivity contribution is 0.0679. The standard InChI is InChI=1S/C12H19NO6S/c1-17-8-9(14)7-13-20(15,16)12-6-10(18-2)4-5-11(12)19-3/h4-6,9,13-14H,7-8H2,1-3H3. The molecule has 0 saturated heterocycles. The third kappa shape index (κ3) is 4.34. The second-order valence-corrected chi connectivity index (χ2v) is 5.71. The average molecular weight is 305 g/mol. The number of benzene rings is 1. The molecule has 1 atom stereocenters. The SMILES string of the molecule is COCC(O)CNS(=O)(=O)c1cc(OC)ccc1OC. The highest BCUT2D eigenvalue weighted by atomic mass is 32.2. The molecule has 0 spiro atoms. The Balaban J connectivity index is 2.96. The van der Waals surface area contributed by atoms with Gasteiger partial charge in [0.2, 0.25) is 10.0 Å². The fourth-order valence-corrected chi connectivity index (χ4v) is 2.78. The van der Waals surface area contributed by atoms with Gasteiger partial charge in [-0.2, -0.15) is 0 Å². The molecule has 0 bridgehead atoms. The number of sulfonamides is 1. The summed E-state index contributed by atoms with van der Waals surface area (Å²) in [6.45, 7) is -0.117. The minimum Gasteiger partial charge on any atom is -0.497 e. The van der Waals surface area contributed by atoms with Gasteiger partial charge in [0.05, 0.1) is 26.9 Å². The Morgan fingerprint density at radius 1 is 1.25 bits per heavy atom. The zero-order valence-electron chi connectivity index (χ0n) is 11.6. The summed E-state index contributed by atoms with van der Waals surface area (Å²) in [6.07, 6.45) is -0.925. The molecular formula is C12H19NO6S. The van der Waals surface area contributed by atoms with E-state index in [1.54, 1.807) is 6.07 Å². The van der Waals surface area contributed by atoms with E-state index in [-0.39, 0.29) is 23.8 Å². The van der Waals surface area contributed by atoms with E-state index < -0.39 is 16.1 Å². The molecule has 0 aromatic heterocycles. The van der Waals surface area contributed by atoms with Gasteiger partial charge in [0.25, 0.3) is 0 Å². The highest BCUT2D eigenvalue weighted by Crippen LogP contribution is 2.27.